The summed E-state index contributed by atoms with van der Waals surface area (Å²) in [5.41, 5.74) is 0. The summed E-state index contributed by atoms with van der Waals surface area (Å²) < 4.78 is 5.28. The van der Waals surface area contributed by atoms with Crippen LogP contribution < -0.4 is 0 Å². The van der Waals surface area contributed by atoms with Crippen LogP contribution in [0.15, 0.2) is 11.5 Å². The van der Waals surface area contributed by atoms with Crippen molar-refractivity contribution in [3.8, 4) is 6.07 Å². The molecule has 1 atom stereocenters. The summed E-state index contributed by atoms with van der Waals surface area (Å²) in [6.07, 6.45) is 2.96. The second-order valence-corrected chi connectivity index (χ2v) is 3.65. The van der Waals surface area contributed by atoms with E-state index in [-0.39, 0.29) is 11.5 Å². The SMILES string of the molecule is CC1(OCC#N)CC=CS1. The molecule has 1 aliphatic heterocycles. The smallest absolute Gasteiger partial charge is 0.135 e. The Hall–Kier alpha value is -0.460. The Kier molecular flexibility index (Phi) is 2.36. The van der Waals surface area contributed by atoms with Gasteiger partial charge in [0.1, 0.15) is 11.5 Å². The lowest BCUT2D eigenvalue weighted by atomic mass is 10.3. The van der Waals surface area contributed by atoms with Crippen molar-refractivity contribution < 1.29 is 4.74 Å². The van der Waals surface area contributed by atoms with Gasteiger partial charge in [-0.25, -0.2) is 0 Å². The standard InChI is InChI=1S/C7H9NOS/c1-7(9-5-4-8)3-2-6-10-7/h2,6H,3,5H2,1H3. The van der Waals surface area contributed by atoms with Gasteiger partial charge < -0.3 is 4.74 Å². The van der Waals surface area contributed by atoms with Crippen LogP contribution in [0.1, 0.15) is 13.3 Å². The van der Waals surface area contributed by atoms with Crippen molar-refractivity contribution in [3.05, 3.63) is 11.5 Å². The Balaban J connectivity index is 2.33. The fourth-order valence-electron chi connectivity index (χ4n) is 0.780. The van der Waals surface area contributed by atoms with Crippen molar-refractivity contribution in [3.63, 3.8) is 0 Å². The van der Waals surface area contributed by atoms with Crippen LogP contribution in [-0.2, 0) is 4.74 Å². The van der Waals surface area contributed by atoms with Crippen molar-refractivity contribution in [2.24, 2.45) is 0 Å². The maximum Gasteiger partial charge on any atom is 0.135 e. The fourth-order valence-corrected chi connectivity index (χ4v) is 1.58. The van der Waals surface area contributed by atoms with Crippen LogP contribution in [0, 0.1) is 11.3 Å². The van der Waals surface area contributed by atoms with Gasteiger partial charge in [0.2, 0.25) is 0 Å². The molecule has 0 fully saturated rings. The summed E-state index contributed by atoms with van der Waals surface area (Å²) >= 11 is 1.63. The highest BCUT2D eigenvalue weighted by molar-refractivity contribution is 8.03. The maximum absolute atomic E-state index is 8.24. The van der Waals surface area contributed by atoms with Gasteiger partial charge in [-0.3, -0.25) is 0 Å². The number of nitrogens with zero attached hydrogens (tertiary/aromatic N) is 1. The lowest BCUT2D eigenvalue weighted by Gasteiger charge is -2.20. The Morgan fingerprint density at radius 3 is 3.20 bits per heavy atom. The summed E-state index contributed by atoms with van der Waals surface area (Å²) in [7, 11) is 0. The van der Waals surface area contributed by atoms with Gasteiger partial charge in [0, 0.05) is 6.42 Å². The summed E-state index contributed by atoms with van der Waals surface area (Å²) in [5.74, 6) is 0. The van der Waals surface area contributed by atoms with Crippen molar-refractivity contribution in [1.82, 2.24) is 0 Å². The van der Waals surface area contributed by atoms with Gasteiger partial charge in [0.05, 0.1) is 6.07 Å². The number of hydrogen-bond acceptors (Lipinski definition) is 3. The predicted octanol–water partition coefficient (Wildman–Crippen LogP) is 1.89. The van der Waals surface area contributed by atoms with Crippen LogP contribution in [0.4, 0.5) is 0 Å². The Bertz CT molecular complexity index is 175. The quantitative estimate of drug-likeness (QED) is 0.610. The highest BCUT2D eigenvalue weighted by Gasteiger charge is 2.26. The van der Waals surface area contributed by atoms with Gasteiger partial charge in [-0.05, 0) is 12.3 Å². The lowest BCUT2D eigenvalue weighted by molar-refractivity contribution is 0.0670. The minimum Gasteiger partial charge on any atom is -0.349 e. The van der Waals surface area contributed by atoms with Crippen molar-refractivity contribution in [2.45, 2.75) is 18.3 Å². The Morgan fingerprint density at radius 2 is 2.70 bits per heavy atom. The van der Waals surface area contributed by atoms with E-state index in [1.165, 1.54) is 0 Å². The molecule has 0 saturated carbocycles. The number of nitriles is 1. The average Bonchev–Trinajstić information content (AvgIpc) is 2.33. The van der Waals surface area contributed by atoms with Crippen LogP contribution in [0.25, 0.3) is 0 Å². The van der Waals surface area contributed by atoms with E-state index in [0.717, 1.165) is 6.42 Å². The van der Waals surface area contributed by atoms with E-state index >= 15 is 0 Å². The highest BCUT2D eigenvalue weighted by Crippen LogP contribution is 2.36. The van der Waals surface area contributed by atoms with Crippen LogP contribution in [0.5, 0.6) is 0 Å². The van der Waals surface area contributed by atoms with E-state index in [1.54, 1.807) is 11.8 Å². The molecular formula is C7H9NOS. The van der Waals surface area contributed by atoms with Crippen molar-refractivity contribution >= 4 is 11.8 Å². The number of ether oxygens (including phenoxy) is 1. The predicted molar refractivity (Wildman–Crippen MR) is 41.3 cm³/mol. The van der Waals surface area contributed by atoms with Crippen molar-refractivity contribution in [2.75, 3.05) is 6.61 Å². The molecule has 1 rings (SSSR count). The third-order valence-electron chi connectivity index (χ3n) is 1.34. The molecule has 54 valence electrons. The summed E-state index contributed by atoms with van der Waals surface area (Å²) in [4.78, 5) is -0.171. The van der Waals surface area contributed by atoms with Crippen LogP contribution >= 0.6 is 11.8 Å². The molecule has 2 nitrogen and oxygen atoms in total. The van der Waals surface area contributed by atoms with E-state index in [2.05, 4.69) is 6.08 Å². The third kappa shape index (κ3) is 1.76. The molecule has 0 aromatic carbocycles. The van der Waals surface area contributed by atoms with Gasteiger partial charge in [0.25, 0.3) is 0 Å². The minimum atomic E-state index is -0.171. The van der Waals surface area contributed by atoms with Gasteiger partial charge in [-0.1, -0.05) is 17.8 Å². The molecule has 0 amide bonds. The second kappa shape index (κ2) is 3.09. The van der Waals surface area contributed by atoms with Gasteiger partial charge in [-0.2, -0.15) is 5.26 Å². The van der Waals surface area contributed by atoms with E-state index in [9.17, 15) is 0 Å². The van der Waals surface area contributed by atoms with E-state index in [0.29, 0.717) is 0 Å². The molecule has 0 aliphatic carbocycles. The van der Waals surface area contributed by atoms with E-state index < -0.39 is 0 Å². The molecular weight excluding hydrogens is 146 g/mol. The highest BCUT2D eigenvalue weighted by atomic mass is 32.2. The average molecular weight is 155 g/mol. The number of thioether (sulfide) groups is 1. The fraction of sp³-hybridized carbons (Fsp3) is 0.571. The maximum atomic E-state index is 8.24. The zero-order chi connectivity index (χ0) is 7.45. The minimum absolute atomic E-state index is 0.171. The number of rotatable bonds is 2. The van der Waals surface area contributed by atoms with Crippen molar-refractivity contribution in [1.29, 1.82) is 5.26 Å². The first kappa shape index (κ1) is 7.64. The largest absolute Gasteiger partial charge is 0.349 e. The molecule has 0 aromatic rings. The molecule has 1 aliphatic rings. The summed E-state index contributed by atoms with van der Waals surface area (Å²) in [5, 5.41) is 10.2. The van der Waals surface area contributed by atoms with E-state index in [1.807, 2.05) is 18.4 Å². The molecule has 0 N–H and O–H groups in total. The topological polar surface area (TPSA) is 33.0 Å². The van der Waals surface area contributed by atoms with Gasteiger partial charge in [0.15, 0.2) is 0 Å². The zero-order valence-corrected chi connectivity index (χ0v) is 6.65. The molecule has 10 heavy (non-hydrogen) atoms. The molecule has 0 bridgehead atoms. The first-order valence-electron chi connectivity index (χ1n) is 3.10. The Labute approximate surface area is 64.9 Å². The molecule has 3 heteroatoms. The lowest BCUT2D eigenvalue weighted by Crippen LogP contribution is -2.20. The molecule has 1 unspecified atom stereocenters. The molecule has 0 radical (unpaired) electrons. The second-order valence-electron chi connectivity index (χ2n) is 2.27. The first-order valence-corrected chi connectivity index (χ1v) is 3.98. The summed E-state index contributed by atoms with van der Waals surface area (Å²) in [6.45, 7) is 2.18. The zero-order valence-electron chi connectivity index (χ0n) is 5.83. The molecule has 1 heterocycles. The molecule has 0 saturated heterocycles. The van der Waals surface area contributed by atoms with E-state index in [4.69, 9.17) is 10.00 Å². The van der Waals surface area contributed by atoms with Gasteiger partial charge in [-0.15, -0.1) is 0 Å². The van der Waals surface area contributed by atoms with Crippen LogP contribution in [0.2, 0.25) is 0 Å². The summed E-state index contributed by atoms with van der Waals surface area (Å²) in [6, 6.07) is 1.96. The molecule has 0 aromatic heterocycles. The third-order valence-corrected chi connectivity index (χ3v) is 2.46. The normalized spacial score (nSPS) is 30.4. The Morgan fingerprint density at radius 1 is 1.90 bits per heavy atom. The van der Waals surface area contributed by atoms with Crippen LogP contribution in [-0.4, -0.2) is 11.5 Å². The van der Waals surface area contributed by atoms with Gasteiger partial charge >= 0.3 is 0 Å². The first-order chi connectivity index (χ1) is 4.77. The number of hydrogen-bond donors (Lipinski definition) is 0. The van der Waals surface area contributed by atoms with Crippen LogP contribution in [0.3, 0.4) is 0 Å². The molecule has 0 spiro atoms. The monoisotopic (exact) mass is 155 g/mol.